The first kappa shape index (κ1) is 15.1. The third-order valence-electron chi connectivity index (χ3n) is 3.98. The number of rotatable bonds is 6. The van der Waals surface area contributed by atoms with E-state index in [4.69, 9.17) is 0 Å². The Balaban J connectivity index is 1.60. The van der Waals surface area contributed by atoms with Crippen molar-refractivity contribution in [2.24, 2.45) is 11.8 Å². The van der Waals surface area contributed by atoms with Gasteiger partial charge < -0.3 is 5.32 Å². The summed E-state index contributed by atoms with van der Waals surface area (Å²) in [6.07, 6.45) is 1.17. The first-order valence-corrected chi connectivity index (χ1v) is 8.48. The molecule has 0 saturated heterocycles. The molecule has 0 bridgehead atoms. The summed E-state index contributed by atoms with van der Waals surface area (Å²) in [6.45, 7) is 4.08. The Bertz CT molecular complexity index is 643. The van der Waals surface area contributed by atoms with E-state index >= 15 is 0 Å². The highest BCUT2D eigenvalue weighted by Gasteiger charge is 2.40. The molecule has 2 N–H and O–H groups in total. The second kappa shape index (κ2) is 6.52. The Morgan fingerprint density at radius 1 is 1.45 bits per heavy atom. The average molecular weight is 316 g/mol. The zero-order chi connectivity index (χ0) is 15.5. The molecule has 6 heteroatoms. The smallest absolute Gasteiger partial charge is 0.230 e. The lowest BCUT2D eigenvalue weighted by atomic mass is 10.0. The minimum atomic E-state index is 0.0282. The van der Waals surface area contributed by atoms with Crippen molar-refractivity contribution in [2.45, 2.75) is 31.5 Å². The largest absolute Gasteiger partial charge is 0.348 e. The number of hydrogen-bond acceptors (Lipinski definition) is 4. The molecule has 22 heavy (non-hydrogen) atoms. The van der Waals surface area contributed by atoms with E-state index in [0.717, 1.165) is 5.82 Å². The number of benzene rings is 1. The highest BCUT2D eigenvalue weighted by Crippen LogP contribution is 2.46. The van der Waals surface area contributed by atoms with Gasteiger partial charge in [-0.1, -0.05) is 49.0 Å². The summed E-state index contributed by atoms with van der Waals surface area (Å²) in [5, 5.41) is 10.6. The first-order valence-electron chi connectivity index (χ1n) is 7.49. The fourth-order valence-corrected chi connectivity index (χ4v) is 3.30. The van der Waals surface area contributed by atoms with Crippen LogP contribution in [0.15, 0.2) is 35.5 Å². The molecule has 0 unspecified atom stereocenters. The number of aromatic nitrogens is 3. The van der Waals surface area contributed by atoms with E-state index in [-0.39, 0.29) is 11.9 Å². The summed E-state index contributed by atoms with van der Waals surface area (Å²) in [5.41, 5.74) is 1.18. The van der Waals surface area contributed by atoms with Crippen LogP contribution in [0, 0.1) is 18.8 Å². The number of nitrogens with one attached hydrogen (secondary N) is 2. The molecule has 1 fully saturated rings. The summed E-state index contributed by atoms with van der Waals surface area (Å²) in [5.74, 6) is 2.34. The van der Waals surface area contributed by atoms with E-state index in [1.54, 1.807) is 0 Å². The standard InChI is InChI=1S/C16H20N4OS/c1-10-8-13(10)15(12-6-4-3-5-7-12)18-14(21)9-22-16-17-11(2)19-20-16/h3-7,10,13,15H,8-9H2,1-2H3,(H,18,21)(H,17,19,20)/t10-,13+,15-/m1/s1. The predicted molar refractivity (Wildman–Crippen MR) is 86.4 cm³/mol. The molecule has 1 amide bonds. The van der Waals surface area contributed by atoms with Gasteiger partial charge in [0.2, 0.25) is 11.1 Å². The number of hydrogen-bond donors (Lipinski definition) is 2. The summed E-state index contributed by atoms with van der Waals surface area (Å²) >= 11 is 1.35. The van der Waals surface area contributed by atoms with Gasteiger partial charge in [-0.15, -0.1) is 5.10 Å². The Kier molecular flexibility index (Phi) is 4.47. The Hall–Kier alpha value is -1.82. The molecule has 3 atom stereocenters. The minimum absolute atomic E-state index is 0.0282. The molecule has 1 aliphatic carbocycles. The average Bonchev–Trinajstić information content (AvgIpc) is 3.09. The number of nitrogens with zero attached hydrogens (tertiary/aromatic N) is 2. The van der Waals surface area contributed by atoms with Crippen molar-refractivity contribution < 1.29 is 4.79 Å². The predicted octanol–water partition coefficient (Wildman–Crippen LogP) is 2.72. The van der Waals surface area contributed by atoms with Gasteiger partial charge in [-0.2, -0.15) is 0 Å². The van der Waals surface area contributed by atoms with Gasteiger partial charge in [0.05, 0.1) is 11.8 Å². The molecular formula is C16H20N4OS. The normalized spacial score (nSPS) is 21.4. The highest BCUT2D eigenvalue weighted by atomic mass is 32.2. The van der Waals surface area contributed by atoms with Gasteiger partial charge in [0.1, 0.15) is 5.82 Å². The molecular weight excluding hydrogens is 296 g/mol. The Morgan fingerprint density at radius 2 is 2.18 bits per heavy atom. The third-order valence-corrected chi connectivity index (χ3v) is 4.83. The Morgan fingerprint density at radius 3 is 2.77 bits per heavy atom. The van der Waals surface area contributed by atoms with Crippen molar-refractivity contribution in [2.75, 3.05) is 5.75 Å². The number of thioether (sulfide) groups is 1. The highest BCUT2D eigenvalue weighted by molar-refractivity contribution is 7.99. The van der Waals surface area contributed by atoms with Crippen molar-refractivity contribution in [1.29, 1.82) is 0 Å². The lowest BCUT2D eigenvalue weighted by Crippen LogP contribution is -2.31. The van der Waals surface area contributed by atoms with Gasteiger partial charge in [0, 0.05) is 0 Å². The number of aryl methyl sites for hydroxylation is 1. The maximum absolute atomic E-state index is 12.2. The SMILES string of the molecule is Cc1nc(SCC(=O)N[C@H](c2ccccc2)[C@H]2C[C@H]2C)n[nH]1. The quantitative estimate of drug-likeness (QED) is 0.804. The molecule has 116 valence electrons. The summed E-state index contributed by atoms with van der Waals surface area (Å²) < 4.78 is 0. The number of aromatic amines is 1. The van der Waals surface area contributed by atoms with Crippen LogP contribution in [-0.4, -0.2) is 26.8 Å². The van der Waals surface area contributed by atoms with Crippen LogP contribution >= 0.6 is 11.8 Å². The van der Waals surface area contributed by atoms with Crippen LogP contribution in [0.5, 0.6) is 0 Å². The van der Waals surface area contributed by atoms with Crippen molar-refractivity contribution in [3.63, 3.8) is 0 Å². The molecule has 0 aliphatic heterocycles. The number of H-pyrrole nitrogens is 1. The van der Waals surface area contributed by atoms with Crippen molar-refractivity contribution >= 4 is 17.7 Å². The van der Waals surface area contributed by atoms with E-state index in [9.17, 15) is 4.79 Å². The van der Waals surface area contributed by atoms with Crippen LogP contribution in [0.2, 0.25) is 0 Å². The molecule has 2 aromatic rings. The summed E-state index contributed by atoms with van der Waals surface area (Å²) in [6, 6.07) is 10.3. The zero-order valence-electron chi connectivity index (χ0n) is 12.7. The molecule has 1 aromatic carbocycles. The number of amides is 1. The van der Waals surface area contributed by atoms with Crippen LogP contribution in [0.4, 0.5) is 0 Å². The third kappa shape index (κ3) is 3.68. The minimum Gasteiger partial charge on any atom is -0.348 e. The van der Waals surface area contributed by atoms with Crippen LogP contribution in [0.1, 0.15) is 30.8 Å². The monoisotopic (exact) mass is 316 g/mol. The molecule has 0 radical (unpaired) electrons. The van der Waals surface area contributed by atoms with E-state index in [1.807, 2.05) is 25.1 Å². The molecule has 1 heterocycles. The fourth-order valence-electron chi connectivity index (χ4n) is 2.65. The van der Waals surface area contributed by atoms with E-state index in [2.05, 4.69) is 39.6 Å². The van der Waals surface area contributed by atoms with Crippen molar-refractivity contribution in [3.05, 3.63) is 41.7 Å². The lowest BCUT2D eigenvalue weighted by molar-refractivity contribution is -0.119. The molecule has 1 saturated carbocycles. The maximum Gasteiger partial charge on any atom is 0.230 e. The van der Waals surface area contributed by atoms with Gasteiger partial charge in [-0.05, 0) is 30.7 Å². The van der Waals surface area contributed by atoms with Crippen LogP contribution < -0.4 is 5.32 Å². The molecule has 1 aliphatic rings. The second-order valence-corrected chi connectivity index (χ2v) is 6.77. The van der Waals surface area contributed by atoms with E-state index in [1.165, 1.54) is 23.7 Å². The van der Waals surface area contributed by atoms with Gasteiger partial charge >= 0.3 is 0 Å². The van der Waals surface area contributed by atoms with Gasteiger partial charge in [-0.25, -0.2) is 4.98 Å². The summed E-state index contributed by atoms with van der Waals surface area (Å²) in [4.78, 5) is 16.4. The maximum atomic E-state index is 12.2. The second-order valence-electron chi connectivity index (χ2n) is 5.82. The molecule has 1 aromatic heterocycles. The van der Waals surface area contributed by atoms with E-state index in [0.29, 0.717) is 22.7 Å². The summed E-state index contributed by atoms with van der Waals surface area (Å²) in [7, 11) is 0. The van der Waals surface area contributed by atoms with Crippen LogP contribution in [-0.2, 0) is 4.79 Å². The molecule has 3 rings (SSSR count). The van der Waals surface area contributed by atoms with Gasteiger partial charge in [0.25, 0.3) is 0 Å². The van der Waals surface area contributed by atoms with Crippen molar-refractivity contribution in [3.8, 4) is 0 Å². The Labute approximate surface area is 134 Å². The lowest BCUT2D eigenvalue weighted by Gasteiger charge is -2.19. The molecule has 0 spiro atoms. The first-order chi connectivity index (χ1) is 10.6. The number of carbonyl (C=O) groups is 1. The van der Waals surface area contributed by atoms with Gasteiger partial charge in [-0.3, -0.25) is 9.89 Å². The topological polar surface area (TPSA) is 70.7 Å². The van der Waals surface area contributed by atoms with Crippen LogP contribution in [0.3, 0.4) is 0 Å². The van der Waals surface area contributed by atoms with E-state index < -0.39 is 0 Å². The zero-order valence-corrected chi connectivity index (χ0v) is 13.6. The van der Waals surface area contributed by atoms with Gasteiger partial charge in [0.15, 0.2) is 0 Å². The molecule has 5 nitrogen and oxygen atoms in total. The van der Waals surface area contributed by atoms with Crippen molar-refractivity contribution in [1.82, 2.24) is 20.5 Å². The number of carbonyl (C=O) groups excluding carboxylic acids is 1. The fraction of sp³-hybridized carbons (Fsp3) is 0.438. The van der Waals surface area contributed by atoms with Crippen LogP contribution in [0.25, 0.3) is 0 Å².